The summed E-state index contributed by atoms with van der Waals surface area (Å²) >= 11 is 6.18. The van der Waals surface area contributed by atoms with Gasteiger partial charge in [-0.05, 0) is 12.2 Å². The number of methoxy groups -OCH3 is 2. The third-order valence-electron chi connectivity index (χ3n) is 4.44. The zero-order valence-electron chi connectivity index (χ0n) is 14.4. The number of alkyl halides is 1. The Bertz CT molecular complexity index is 647. The third-order valence-corrected chi connectivity index (χ3v) is 4.92. The number of hydrogen-bond donors (Lipinski definition) is 5. The van der Waals surface area contributed by atoms with Gasteiger partial charge in [-0.3, -0.25) is 0 Å². The van der Waals surface area contributed by atoms with E-state index in [4.69, 9.17) is 16.3 Å². The van der Waals surface area contributed by atoms with Crippen molar-refractivity contribution in [3.8, 4) is 0 Å². The fraction of sp³-hybridized carbons (Fsp3) is 0.625. The highest BCUT2D eigenvalue weighted by Crippen LogP contribution is 2.33. The molecule has 2 rings (SSSR count). The summed E-state index contributed by atoms with van der Waals surface area (Å²) in [6.07, 6.45) is -9.25. The van der Waals surface area contributed by atoms with Gasteiger partial charge in [0.1, 0.15) is 42.7 Å². The number of aliphatic hydroxyl groups excluding tert-OH is 5. The molecule has 2 aliphatic rings. The molecule has 11 heteroatoms. The minimum absolute atomic E-state index is 0.184. The van der Waals surface area contributed by atoms with Crippen LogP contribution in [0.1, 0.15) is 0 Å². The molecule has 0 aromatic heterocycles. The fourth-order valence-electron chi connectivity index (χ4n) is 2.93. The van der Waals surface area contributed by atoms with Crippen LogP contribution < -0.4 is 0 Å². The zero-order valence-corrected chi connectivity index (χ0v) is 15.2. The summed E-state index contributed by atoms with van der Waals surface area (Å²) in [7, 11) is 2.16. The van der Waals surface area contributed by atoms with Gasteiger partial charge in [-0.25, -0.2) is 9.59 Å². The topological polar surface area (TPSA) is 163 Å². The lowest BCUT2D eigenvalue weighted by Gasteiger charge is -2.40. The average molecular weight is 409 g/mol. The summed E-state index contributed by atoms with van der Waals surface area (Å²) in [6.45, 7) is 0. The molecule has 0 saturated carbocycles. The van der Waals surface area contributed by atoms with Crippen LogP contribution in [0.2, 0.25) is 0 Å². The lowest BCUT2D eigenvalue weighted by molar-refractivity contribution is -0.167. The zero-order chi connectivity index (χ0) is 20.5. The van der Waals surface area contributed by atoms with Crippen molar-refractivity contribution in [3.05, 3.63) is 23.3 Å². The van der Waals surface area contributed by atoms with Crippen molar-refractivity contribution >= 4 is 23.5 Å². The summed E-state index contributed by atoms with van der Waals surface area (Å²) in [5.41, 5.74) is -0.501. The van der Waals surface area contributed by atoms with Crippen molar-refractivity contribution in [1.29, 1.82) is 0 Å². The van der Waals surface area contributed by atoms with Crippen molar-refractivity contribution in [1.82, 2.24) is 0 Å². The van der Waals surface area contributed by atoms with Crippen LogP contribution in [0.5, 0.6) is 0 Å². The molecule has 5 N–H and O–H groups in total. The van der Waals surface area contributed by atoms with E-state index < -0.39 is 60.0 Å². The van der Waals surface area contributed by atoms with E-state index in [-0.39, 0.29) is 11.1 Å². The van der Waals surface area contributed by atoms with Crippen molar-refractivity contribution in [3.63, 3.8) is 0 Å². The first-order valence-corrected chi connectivity index (χ1v) is 8.37. The Morgan fingerprint density at radius 1 is 0.852 bits per heavy atom. The molecular weight excluding hydrogens is 388 g/mol. The third kappa shape index (κ3) is 4.16. The van der Waals surface area contributed by atoms with E-state index in [1.165, 1.54) is 0 Å². The fourth-order valence-corrected chi connectivity index (χ4v) is 3.30. The Kier molecular flexibility index (Phi) is 6.98. The van der Waals surface area contributed by atoms with Crippen LogP contribution in [0.15, 0.2) is 23.3 Å². The lowest BCUT2D eigenvalue weighted by Crippen LogP contribution is -2.56. The van der Waals surface area contributed by atoms with Crippen molar-refractivity contribution in [2.24, 2.45) is 0 Å². The molecule has 152 valence electrons. The Labute approximate surface area is 159 Å². The average Bonchev–Trinajstić information content (AvgIpc) is 2.66. The van der Waals surface area contributed by atoms with E-state index in [1.807, 2.05) is 0 Å². The molecule has 0 amide bonds. The predicted molar refractivity (Wildman–Crippen MR) is 88.5 cm³/mol. The Balaban J connectivity index is 2.36. The van der Waals surface area contributed by atoms with E-state index in [0.717, 1.165) is 26.4 Å². The normalized spacial score (nSPS) is 39.3. The molecule has 2 aliphatic carbocycles. The highest BCUT2D eigenvalue weighted by Gasteiger charge is 2.47. The van der Waals surface area contributed by atoms with Gasteiger partial charge in [-0.2, -0.15) is 0 Å². The molecule has 0 heterocycles. The molecule has 0 aromatic carbocycles. The van der Waals surface area contributed by atoms with Crippen LogP contribution in [0.4, 0.5) is 0 Å². The summed E-state index contributed by atoms with van der Waals surface area (Å²) < 4.78 is 14.7. The first-order chi connectivity index (χ1) is 12.6. The largest absolute Gasteiger partial charge is 0.466 e. The van der Waals surface area contributed by atoms with Gasteiger partial charge >= 0.3 is 11.9 Å². The molecular formula is C16H21ClO10. The molecule has 0 bridgehead atoms. The molecule has 10 nitrogen and oxygen atoms in total. The maximum Gasteiger partial charge on any atom is 0.336 e. The highest BCUT2D eigenvalue weighted by molar-refractivity contribution is 6.26. The standard InChI is InChI=1S/C16H21ClO10/c1-25-15(23)5-3-8(19)11(21)14(9(5)17)27-13-6(16(24)26-2)4-7(18)10(20)12(13)22/h3-4,7-14,18-22H,1-2H3/t7-,8-,9-,10+,11+,12-,13-,14+/m0/s1. The number of carbonyl (C=O) groups excluding carboxylic acids is 2. The van der Waals surface area contributed by atoms with Gasteiger partial charge in [0.15, 0.2) is 0 Å². The van der Waals surface area contributed by atoms with Gasteiger partial charge < -0.3 is 39.7 Å². The minimum Gasteiger partial charge on any atom is -0.466 e. The summed E-state index contributed by atoms with van der Waals surface area (Å²) in [4.78, 5) is 23.8. The van der Waals surface area contributed by atoms with Gasteiger partial charge in [0.25, 0.3) is 0 Å². The Morgan fingerprint density at radius 3 is 1.89 bits per heavy atom. The quantitative estimate of drug-likeness (QED) is 0.246. The molecule has 0 unspecified atom stereocenters. The van der Waals surface area contributed by atoms with E-state index in [2.05, 4.69) is 9.47 Å². The molecule has 0 spiro atoms. The van der Waals surface area contributed by atoms with Crippen molar-refractivity contribution in [2.45, 2.75) is 48.1 Å². The van der Waals surface area contributed by atoms with Crippen molar-refractivity contribution in [2.75, 3.05) is 14.2 Å². The van der Waals surface area contributed by atoms with Crippen LogP contribution in [-0.2, 0) is 23.8 Å². The van der Waals surface area contributed by atoms with E-state index in [0.29, 0.717) is 0 Å². The number of carbonyl (C=O) groups is 2. The van der Waals surface area contributed by atoms with Gasteiger partial charge in [0, 0.05) is 0 Å². The molecule has 0 fully saturated rings. The smallest absolute Gasteiger partial charge is 0.336 e. The van der Waals surface area contributed by atoms with E-state index >= 15 is 0 Å². The second-order valence-corrected chi connectivity index (χ2v) is 6.57. The Morgan fingerprint density at radius 2 is 1.33 bits per heavy atom. The summed E-state index contributed by atoms with van der Waals surface area (Å²) in [5, 5.41) is 48.7. The van der Waals surface area contributed by atoms with Gasteiger partial charge in [0.05, 0.1) is 30.7 Å². The SMILES string of the molecule is COC(=O)C1=C[C@H](O)[C@@H](O)[C@H](O[C@H]2C(C(=O)OC)=C[C@H](O)[C@@H](O)[C@@H]2O)[C@H]1Cl. The Hall–Kier alpha value is -1.53. The first kappa shape index (κ1) is 21.8. The van der Waals surface area contributed by atoms with E-state index in [1.54, 1.807) is 0 Å². The summed E-state index contributed by atoms with van der Waals surface area (Å²) in [6, 6.07) is 0. The van der Waals surface area contributed by atoms with E-state index in [9.17, 15) is 35.1 Å². The monoisotopic (exact) mass is 408 g/mol. The number of ether oxygens (including phenoxy) is 3. The number of esters is 2. The molecule has 0 saturated heterocycles. The number of aliphatic hydroxyl groups is 5. The second-order valence-electron chi connectivity index (χ2n) is 6.10. The molecule has 0 aromatic rings. The minimum atomic E-state index is -1.78. The first-order valence-electron chi connectivity index (χ1n) is 7.93. The van der Waals surface area contributed by atoms with Crippen molar-refractivity contribution < 1.29 is 49.3 Å². The maximum atomic E-state index is 12.0. The van der Waals surface area contributed by atoms with Crippen LogP contribution in [0, 0.1) is 0 Å². The van der Waals surface area contributed by atoms with Gasteiger partial charge in [-0.1, -0.05) is 0 Å². The molecule has 0 radical (unpaired) electrons. The second kappa shape index (κ2) is 8.65. The molecule has 8 atom stereocenters. The van der Waals surface area contributed by atoms with Gasteiger partial charge in [-0.15, -0.1) is 11.6 Å². The number of hydrogen-bond acceptors (Lipinski definition) is 10. The van der Waals surface area contributed by atoms with Crippen LogP contribution in [0.3, 0.4) is 0 Å². The highest BCUT2D eigenvalue weighted by atomic mass is 35.5. The molecule has 0 aliphatic heterocycles. The predicted octanol–water partition coefficient (Wildman–Crippen LogP) is -2.62. The van der Waals surface area contributed by atoms with Crippen LogP contribution in [0.25, 0.3) is 0 Å². The van der Waals surface area contributed by atoms with Gasteiger partial charge in [0.2, 0.25) is 0 Å². The number of halogens is 1. The lowest BCUT2D eigenvalue weighted by atomic mass is 9.87. The van der Waals surface area contributed by atoms with Crippen LogP contribution in [-0.4, -0.2) is 99.8 Å². The summed E-state index contributed by atoms with van der Waals surface area (Å²) in [5.74, 6) is -1.82. The van der Waals surface area contributed by atoms with Crippen LogP contribution >= 0.6 is 11.6 Å². The maximum absolute atomic E-state index is 12.0. The number of rotatable bonds is 4. The molecule has 27 heavy (non-hydrogen) atoms.